The fourth-order valence-electron chi connectivity index (χ4n) is 1.35. The fourth-order valence-corrected chi connectivity index (χ4v) is 2.32. The van der Waals surface area contributed by atoms with E-state index in [4.69, 9.17) is 5.73 Å². The lowest BCUT2D eigenvalue weighted by atomic mass is 10.1. The number of sulfonamides is 1. The molecular weight excluding hydrogens is 264 g/mol. The van der Waals surface area contributed by atoms with Gasteiger partial charge >= 0.3 is 0 Å². The van der Waals surface area contributed by atoms with Crippen LogP contribution in [0.5, 0.6) is 0 Å². The predicted molar refractivity (Wildman–Crippen MR) is 73.9 cm³/mol. The van der Waals surface area contributed by atoms with Gasteiger partial charge in [0, 0.05) is 11.1 Å². The zero-order valence-corrected chi connectivity index (χ0v) is 11.5. The Morgan fingerprint density at radius 1 is 1.32 bits per heavy atom. The van der Waals surface area contributed by atoms with E-state index in [0.717, 1.165) is 0 Å². The summed E-state index contributed by atoms with van der Waals surface area (Å²) in [5.74, 6) is 5.11. The molecule has 0 fully saturated rings. The van der Waals surface area contributed by atoms with Gasteiger partial charge < -0.3 is 5.73 Å². The molecule has 0 spiro atoms. The molecule has 0 bridgehead atoms. The lowest BCUT2D eigenvalue weighted by molar-refractivity contribution is 0.100. The summed E-state index contributed by atoms with van der Waals surface area (Å²) in [4.78, 5) is 10.9. The first kappa shape index (κ1) is 15.2. The van der Waals surface area contributed by atoms with Crippen LogP contribution < -0.4 is 10.5 Å². The minimum atomic E-state index is -3.22. The zero-order chi connectivity index (χ0) is 14.3. The molecule has 3 N–H and O–H groups in total. The molecule has 1 amide bonds. The van der Waals surface area contributed by atoms with E-state index in [2.05, 4.69) is 16.6 Å². The maximum atomic E-state index is 11.3. The fraction of sp³-hybridized carbons (Fsp3) is 0.308. The highest BCUT2D eigenvalue weighted by atomic mass is 32.2. The highest BCUT2D eigenvalue weighted by molar-refractivity contribution is 7.89. The van der Waals surface area contributed by atoms with E-state index in [-0.39, 0.29) is 12.3 Å². The molecule has 1 aromatic carbocycles. The first-order valence-electron chi connectivity index (χ1n) is 5.80. The van der Waals surface area contributed by atoms with E-state index in [1.807, 2.05) is 0 Å². The SMILES string of the molecule is CCCS(=O)(=O)NCC#Cc1ccc(C(N)=O)cc1. The number of nitrogens with two attached hydrogens (primary N) is 1. The monoisotopic (exact) mass is 280 g/mol. The van der Waals surface area contributed by atoms with Crippen LogP contribution in [0.1, 0.15) is 29.3 Å². The van der Waals surface area contributed by atoms with Crippen molar-refractivity contribution in [3.05, 3.63) is 35.4 Å². The van der Waals surface area contributed by atoms with Crippen molar-refractivity contribution < 1.29 is 13.2 Å². The van der Waals surface area contributed by atoms with Gasteiger partial charge in [-0.25, -0.2) is 13.1 Å². The smallest absolute Gasteiger partial charge is 0.248 e. The molecule has 6 heteroatoms. The van der Waals surface area contributed by atoms with Gasteiger partial charge in [-0.3, -0.25) is 4.79 Å². The molecule has 0 saturated heterocycles. The van der Waals surface area contributed by atoms with Crippen LogP contribution >= 0.6 is 0 Å². The number of benzene rings is 1. The largest absolute Gasteiger partial charge is 0.366 e. The number of hydrogen-bond donors (Lipinski definition) is 2. The topological polar surface area (TPSA) is 89.3 Å². The van der Waals surface area contributed by atoms with Crippen LogP contribution in [0.4, 0.5) is 0 Å². The van der Waals surface area contributed by atoms with Crippen molar-refractivity contribution in [3.63, 3.8) is 0 Å². The van der Waals surface area contributed by atoms with Gasteiger partial charge in [0.15, 0.2) is 0 Å². The molecule has 0 aliphatic rings. The molecule has 0 atom stereocenters. The zero-order valence-electron chi connectivity index (χ0n) is 10.6. The van der Waals surface area contributed by atoms with Crippen LogP contribution in [0, 0.1) is 11.8 Å². The van der Waals surface area contributed by atoms with Crippen molar-refractivity contribution in [2.45, 2.75) is 13.3 Å². The third kappa shape index (κ3) is 5.55. The second kappa shape index (κ2) is 6.92. The van der Waals surface area contributed by atoms with Crippen LogP contribution in [0.2, 0.25) is 0 Å². The summed E-state index contributed by atoms with van der Waals surface area (Å²) in [6.07, 6.45) is 0.567. The molecule has 0 aliphatic heterocycles. The Bertz CT molecular complexity index is 595. The van der Waals surface area contributed by atoms with Crippen LogP contribution in [0.3, 0.4) is 0 Å². The van der Waals surface area contributed by atoms with Gasteiger partial charge in [0.1, 0.15) is 0 Å². The van der Waals surface area contributed by atoms with E-state index in [1.165, 1.54) is 0 Å². The summed E-state index contributed by atoms with van der Waals surface area (Å²) in [7, 11) is -3.22. The third-order valence-corrected chi connectivity index (χ3v) is 3.79. The highest BCUT2D eigenvalue weighted by Crippen LogP contribution is 2.01. The summed E-state index contributed by atoms with van der Waals surface area (Å²) in [6, 6.07) is 6.47. The maximum Gasteiger partial charge on any atom is 0.248 e. The van der Waals surface area contributed by atoms with Crippen molar-refractivity contribution in [2.24, 2.45) is 5.73 Å². The van der Waals surface area contributed by atoms with Crippen LogP contribution in [-0.4, -0.2) is 26.6 Å². The third-order valence-electron chi connectivity index (χ3n) is 2.26. The van der Waals surface area contributed by atoms with Gasteiger partial charge in [0.05, 0.1) is 12.3 Å². The van der Waals surface area contributed by atoms with E-state index in [9.17, 15) is 13.2 Å². The molecular formula is C13H16N2O3S. The van der Waals surface area contributed by atoms with Gasteiger partial charge in [-0.2, -0.15) is 0 Å². The predicted octanol–water partition coefficient (Wildman–Crippen LogP) is 0.466. The molecule has 1 aromatic rings. The molecule has 5 nitrogen and oxygen atoms in total. The molecule has 0 aliphatic carbocycles. The Morgan fingerprint density at radius 3 is 2.47 bits per heavy atom. The molecule has 0 saturated carbocycles. The van der Waals surface area contributed by atoms with Gasteiger partial charge in [0.25, 0.3) is 0 Å². The van der Waals surface area contributed by atoms with E-state index >= 15 is 0 Å². The molecule has 19 heavy (non-hydrogen) atoms. The summed E-state index contributed by atoms with van der Waals surface area (Å²) in [5.41, 5.74) is 6.22. The molecule has 0 radical (unpaired) electrons. The number of rotatable bonds is 5. The van der Waals surface area contributed by atoms with Crippen LogP contribution in [0.25, 0.3) is 0 Å². The van der Waals surface area contributed by atoms with E-state index < -0.39 is 15.9 Å². The number of hydrogen-bond acceptors (Lipinski definition) is 3. The standard InChI is InChI=1S/C13H16N2O3S/c1-2-10-19(17,18)15-9-3-4-11-5-7-12(8-6-11)13(14)16/h5-8,15H,2,9-10H2,1H3,(H2,14,16). The molecule has 102 valence electrons. The van der Waals surface area contributed by atoms with Gasteiger partial charge in [-0.15, -0.1) is 0 Å². The van der Waals surface area contributed by atoms with Crippen molar-refractivity contribution in [2.75, 3.05) is 12.3 Å². The van der Waals surface area contributed by atoms with E-state index in [0.29, 0.717) is 17.5 Å². The maximum absolute atomic E-state index is 11.3. The molecule has 0 unspecified atom stereocenters. The number of carbonyl (C=O) groups is 1. The van der Waals surface area contributed by atoms with Crippen LogP contribution in [0.15, 0.2) is 24.3 Å². The first-order chi connectivity index (χ1) is 8.94. The second-order valence-corrected chi connectivity index (χ2v) is 5.81. The van der Waals surface area contributed by atoms with Gasteiger partial charge in [0.2, 0.25) is 15.9 Å². The van der Waals surface area contributed by atoms with Crippen molar-refractivity contribution in [3.8, 4) is 11.8 Å². The Labute approximate surface area is 113 Å². The number of nitrogens with one attached hydrogen (secondary N) is 1. The number of primary amides is 1. The quantitative estimate of drug-likeness (QED) is 0.768. The van der Waals surface area contributed by atoms with Gasteiger partial charge in [-0.05, 0) is 30.7 Å². The first-order valence-corrected chi connectivity index (χ1v) is 7.46. The highest BCUT2D eigenvalue weighted by Gasteiger charge is 2.05. The summed E-state index contributed by atoms with van der Waals surface area (Å²) in [5, 5.41) is 0. The summed E-state index contributed by atoms with van der Waals surface area (Å²) < 4.78 is 25.0. The minimum absolute atomic E-state index is 0.0693. The number of carbonyl (C=O) groups excluding carboxylic acids is 1. The summed E-state index contributed by atoms with van der Waals surface area (Å²) in [6.45, 7) is 1.87. The average Bonchev–Trinajstić information content (AvgIpc) is 2.35. The molecule has 1 rings (SSSR count). The molecule has 0 heterocycles. The van der Waals surface area contributed by atoms with Crippen molar-refractivity contribution >= 4 is 15.9 Å². The van der Waals surface area contributed by atoms with Crippen molar-refractivity contribution in [1.29, 1.82) is 0 Å². The Morgan fingerprint density at radius 2 is 1.95 bits per heavy atom. The lowest BCUT2D eigenvalue weighted by Gasteiger charge is -2.00. The minimum Gasteiger partial charge on any atom is -0.366 e. The Kier molecular flexibility index (Phi) is 5.55. The normalized spacial score (nSPS) is 10.6. The van der Waals surface area contributed by atoms with Gasteiger partial charge in [-0.1, -0.05) is 18.8 Å². The molecule has 0 aromatic heterocycles. The van der Waals surface area contributed by atoms with E-state index in [1.54, 1.807) is 31.2 Å². The van der Waals surface area contributed by atoms with Crippen LogP contribution in [-0.2, 0) is 10.0 Å². The second-order valence-electron chi connectivity index (χ2n) is 3.88. The summed E-state index contributed by atoms with van der Waals surface area (Å²) >= 11 is 0. The average molecular weight is 280 g/mol. The van der Waals surface area contributed by atoms with Crippen molar-refractivity contribution in [1.82, 2.24) is 4.72 Å². The number of amides is 1. The Balaban J connectivity index is 2.57. The lowest BCUT2D eigenvalue weighted by Crippen LogP contribution is -2.26. The Hall–Kier alpha value is -1.84.